The molecule has 0 bridgehead atoms. The van der Waals surface area contributed by atoms with Crippen LogP contribution in [-0.4, -0.2) is 16.2 Å². The van der Waals surface area contributed by atoms with Crippen LogP contribution in [0.3, 0.4) is 0 Å². The SMILES string of the molecule is Cc1ccccc1C(O)Nc1sc2c(c1C(=O)O)CCC(C)C2. The lowest BCUT2D eigenvalue weighted by Crippen LogP contribution is -2.14. The molecule has 0 spiro atoms. The first-order valence-corrected chi connectivity index (χ1v) is 8.67. The Balaban J connectivity index is 1.94. The Labute approximate surface area is 139 Å². The summed E-state index contributed by atoms with van der Waals surface area (Å²) in [5.74, 6) is -0.339. The molecule has 1 aromatic carbocycles. The molecule has 0 saturated carbocycles. The Kier molecular flexibility index (Phi) is 4.41. The fourth-order valence-corrected chi connectivity index (χ4v) is 4.60. The van der Waals surface area contributed by atoms with Crippen LogP contribution in [0.5, 0.6) is 0 Å². The first-order valence-electron chi connectivity index (χ1n) is 7.85. The van der Waals surface area contributed by atoms with E-state index in [0.29, 0.717) is 16.5 Å². The lowest BCUT2D eigenvalue weighted by Gasteiger charge is -2.18. The van der Waals surface area contributed by atoms with Crippen molar-refractivity contribution in [2.24, 2.45) is 5.92 Å². The molecule has 2 aromatic rings. The van der Waals surface area contributed by atoms with Gasteiger partial charge in [-0.2, -0.15) is 0 Å². The molecule has 3 N–H and O–H groups in total. The van der Waals surface area contributed by atoms with Crippen LogP contribution in [0, 0.1) is 12.8 Å². The van der Waals surface area contributed by atoms with Crippen molar-refractivity contribution >= 4 is 22.3 Å². The highest BCUT2D eigenvalue weighted by Crippen LogP contribution is 2.40. The number of carbonyl (C=O) groups is 1. The number of aliphatic hydroxyl groups is 1. The van der Waals surface area contributed by atoms with E-state index in [9.17, 15) is 15.0 Å². The molecular formula is C18H21NO3S. The maximum absolute atomic E-state index is 11.7. The molecule has 3 rings (SSSR count). The highest BCUT2D eigenvalue weighted by atomic mass is 32.1. The Morgan fingerprint density at radius 1 is 1.39 bits per heavy atom. The molecule has 5 heteroatoms. The number of benzene rings is 1. The molecule has 1 heterocycles. The Morgan fingerprint density at radius 2 is 2.13 bits per heavy atom. The van der Waals surface area contributed by atoms with Crippen molar-refractivity contribution in [3.63, 3.8) is 0 Å². The van der Waals surface area contributed by atoms with Crippen LogP contribution < -0.4 is 5.32 Å². The third-order valence-electron chi connectivity index (χ3n) is 4.48. The number of aromatic carboxylic acids is 1. The number of aliphatic hydroxyl groups excluding tert-OH is 1. The summed E-state index contributed by atoms with van der Waals surface area (Å²) in [5.41, 5.74) is 3.02. The standard InChI is InChI=1S/C18H21NO3S/c1-10-7-8-13-14(9-10)23-17(15(13)18(21)22)19-16(20)12-6-4-3-5-11(12)2/h3-6,10,16,19-20H,7-9H2,1-2H3,(H,21,22). The van der Waals surface area contributed by atoms with Gasteiger partial charge in [0.1, 0.15) is 5.00 Å². The topological polar surface area (TPSA) is 69.6 Å². The zero-order valence-electron chi connectivity index (χ0n) is 13.3. The van der Waals surface area contributed by atoms with Crippen molar-refractivity contribution in [1.82, 2.24) is 0 Å². The van der Waals surface area contributed by atoms with Crippen LogP contribution in [0.4, 0.5) is 5.00 Å². The van der Waals surface area contributed by atoms with E-state index in [-0.39, 0.29) is 0 Å². The van der Waals surface area contributed by atoms with E-state index in [2.05, 4.69) is 12.2 Å². The second-order valence-corrected chi connectivity index (χ2v) is 7.37. The summed E-state index contributed by atoms with van der Waals surface area (Å²) in [6.07, 6.45) is 1.83. The molecule has 122 valence electrons. The van der Waals surface area contributed by atoms with Crippen molar-refractivity contribution < 1.29 is 15.0 Å². The number of hydrogen-bond donors (Lipinski definition) is 3. The number of carboxylic acids is 1. The van der Waals surface area contributed by atoms with Crippen molar-refractivity contribution in [3.05, 3.63) is 51.4 Å². The fraction of sp³-hybridized carbons (Fsp3) is 0.389. The van der Waals surface area contributed by atoms with Gasteiger partial charge in [0.25, 0.3) is 0 Å². The second kappa shape index (κ2) is 6.34. The van der Waals surface area contributed by atoms with Crippen molar-refractivity contribution in [2.45, 2.75) is 39.3 Å². The van der Waals surface area contributed by atoms with E-state index >= 15 is 0 Å². The molecule has 1 aliphatic rings. The molecule has 0 fully saturated rings. The normalized spacial score (nSPS) is 18.3. The van der Waals surface area contributed by atoms with Gasteiger partial charge in [0.2, 0.25) is 0 Å². The van der Waals surface area contributed by atoms with E-state index < -0.39 is 12.2 Å². The van der Waals surface area contributed by atoms with Gasteiger partial charge in [-0.1, -0.05) is 31.2 Å². The lowest BCUT2D eigenvalue weighted by molar-refractivity contribution is 0.0696. The van der Waals surface area contributed by atoms with Crippen LogP contribution in [0.2, 0.25) is 0 Å². The first kappa shape index (κ1) is 16.0. The van der Waals surface area contributed by atoms with Crippen molar-refractivity contribution in [3.8, 4) is 0 Å². The molecular weight excluding hydrogens is 310 g/mol. The quantitative estimate of drug-likeness (QED) is 0.741. The Bertz CT molecular complexity index is 738. The average Bonchev–Trinajstić information content (AvgIpc) is 2.84. The third kappa shape index (κ3) is 3.12. The molecule has 2 atom stereocenters. The number of thiophene rings is 1. The van der Waals surface area contributed by atoms with E-state index in [0.717, 1.165) is 40.8 Å². The van der Waals surface area contributed by atoms with E-state index in [1.165, 1.54) is 11.3 Å². The molecule has 0 amide bonds. The Morgan fingerprint density at radius 3 is 2.83 bits per heavy atom. The maximum Gasteiger partial charge on any atom is 0.338 e. The number of hydrogen-bond acceptors (Lipinski definition) is 4. The summed E-state index contributed by atoms with van der Waals surface area (Å²) < 4.78 is 0. The summed E-state index contributed by atoms with van der Waals surface area (Å²) >= 11 is 1.47. The molecule has 2 unspecified atom stereocenters. The van der Waals surface area contributed by atoms with Gasteiger partial charge in [-0.15, -0.1) is 11.3 Å². The van der Waals surface area contributed by atoms with Gasteiger partial charge >= 0.3 is 5.97 Å². The summed E-state index contributed by atoms with van der Waals surface area (Å²) in [7, 11) is 0. The van der Waals surface area contributed by atoms with Gasteiger partial charge < -0.3 is 15.5 Å². The third-order valence-corrected chi connectivity index (χ3v) is 5.66. The minimum atomic E-state index is -0.920. The summed E-state index contributed by atoms with van der Waals surface area (Å²) in [6, 6.07) is 7.56. The van der Waals surface area contributed by atoms with Crippen LogP contribution >= 0.6 is 11.3 Å². The van der Waals surface area contributed by atoms with E-state index in [4.69, 9.17) is 0 Å². The lowest BCUT2D eigenvalue weighted by atomic mass is 9.88. The van der Waals surface area contributed by atoms with Crippen LogP contribution in [0.25, 0.3) is 0 Å². The van der Waals surface area contributed by atoms with Gasteiger partial charge in [0, 0.05) is 10.4 Å². The zero-order valence-corrected chi connectivity index (χ0v) is 14.1. The van der Waals surface area contributed by atoms with Gasteiger partial charge in [-0.3, -0.25) is 0 Å². The van der Waals surface area contributed by atoms with Gasteiger partial charge in [-0.25, -0.2) is 4.79 Å². The van der Waals surface area contributed by atoms with E-state index in [1.807, 2.05) is 31.2 Å². The molecule has 23 heavy (non-hydrogen) atoms. The van der Waals surface area contributed by atoms with Gasteiger partial charge in [0.05, 0.1) is 5.56 Å². The van der Waals surface area contributed by atoms with E-state index in [1.54, 1.807) is 0 Å². The summed E-state index contributed by atoms with van der Waals surface area (Å²) in [5, 5.41) is 23.7. The fourth-order valence-electron chi connectivity index (χ4n) is 3.17. The highest BCUT2D eigenvalue weighted by molar-refractivity contribution is 7.16. The van der Waals surface area contributed by atoms with Crippen LogP contribution in [0.15, 0.2) is 24.3 Å². The largest absolute Gasteiger partial charge is 0.478 e. The zero-order chi connectivity index (χ0) is 16.6. The van der Waals surface area contributed by atoms with Gasteiger partial charge in [0.15, 0.2) is 6.23 Å². The van der Waals surface area contributed by atoms with Crippen LogP contribution in [-0.2, 0) is 12.8 Å². The number of nitrogens with one attached hydrogen (secondary N) is 1. The number of fused-ring (bicyclic) bond motifs is 1. The number of aryl methyl sites for hydroxylation is 1. The molecule has 0 saturated heterocycles. The number of carboxylic acid groups (broad SMARTS) is 1. The monoisotopic (exact) mass is 331 g/mol. The molecule has 1 aliphatic carbocycles. The van der Waals surface area contributed by atoms with Crippen molar-refractivity contribution in [2.75, 3.05) is 5.32 Å². The number of anilines is 1. The first-order chi connectivity index (χ1) is 11.0. The van der Waals surface area contributed by atoms with Crippen LogP contribution in [0.1, 0.15) is 51.5 Å². The summed E-state index contributed by atoms with van der Waals surface area (Å²) in [6.45, 7) is 4.12. The molecule has 0 aliphatic heterocycles. The van der Waals surface area contributed by atoms with Crippen molar-refractivity contribution in [1.29, 1.82) is 0 Å². The second-order valence-electron chi connectivity index (χ2n) is 6.26. The molecule has 4 nitrogen and oxygen atoms in total. The minimum Gasteiger partial charge on any atom is -0.478 e. The predicted octanol–water partition coefficient (Wildman–Crippen LogP) is 3.98. The molecule has 1 aromatic heterocycles. The predicted molar refractivity (Wildman–Crippen MR) is 92.2 cm³/mol. The molecule has 0 radical (unpaired) electrons. The smallest absolute Gasteiger partial charge is 0.338 e. The maximum atomic E-state index is 11.7. The summed E-state index contributed by atoms with van der Waals surface area (Å²) in [4.78, 5) is 12.8. The Hall–Kier alpha value is -1.85. The average molecular weight is 331 g/mol. The number of rotatable bonds is 4. The highest BCUT2D eigenvalue weighted by Gasteiger charge is 2.28. The minimum absolute atomic E-state index is 0.338. The van der Waals surface area contributed by atoms with Gasteiger partial charge in [-0.05, 0) is 43.2 Å².